The highest BCUT2D eigenvalue weighted by Crippen LogP contribution is 2.36. The fourth-order valence-corrected chi connectivity index (χ4v) is 2.45. The Bertz CT molecular complexity index is 611. The maximum absolute atomic E-state index is 13.8. The molecule has 0 radical (unpaired) electrons. The van der Waals surface area contributed by atoms with Crippen molar-refractivity contribution in [2.45, 2.75) is 12.5 Å². The minimum atomic E-state index is -0.954. The first kappa shape index (κ1) is 15.6. The smallest absolute Gasteiger partial charge is 0.166 e. The van der Waals surface area contributed by atoms with E-state index in [9.17, 15) is 9.50 Å². The molecule has 2 aromatic rings. The number of halogens is 2. The molecule has 2 rings (SSSR count). The van der Waals surface area contributed by atoms with E-state index in [0.717, 1.165) is 0 Å². The minimum absolute atomic E-state index is 0.0506. The van der Waals surface area contributed by atoms with E-state index in [2.05, 4.69) is 0 Å². The van der Waals surface area contributed by atoms with Gasteiger partial charge in [-0.15, -0.1) is 0 Å². The second-order valence-electron chi connectivity index (χ2n) is 4.50. The second-order valence-corrected chi connectivity index (χ2v) is 4.91. The molecule has 112 valence electrons. The van der Waals surface area contributed by atoms with Crippen LogP contribution in [0, 0.1) is 5.82 Å². The lowest BCUT2D eigenvalue weighted by atomic mass is 10.00. The highest BCUT2D eigenvalue weighted by Gasteiger charge is 2.20. The molecule has 0 aliphatic carbocycles. The Balaban J connectivity index is 2.35. The van der Waals surface area contributed by atoms with Crippen LogP contribution in [0.1, 0.15) is 17.2 Å². The molecule has 0 amide bonds. The molecule has 3 nitrogen and oxygen atoms in total. The maximum Gasteiger partial charge on any atom is 0.166 e. The zero-order valence-corrected chi connectivity index (χ0v) is 12.5. The number of benzene rings is 2. The van der Waals surface area contributed by atoms with Crippen LogP contribution in [0.5, 0.6) is 11.5 Å². The average Bonchev–Trinajstić information content (AvgIpc) is 2.49. The Morgan fingerprint density at radius 2 is 1.86 bits per heavy atom. The van der Waals surface area contributed by atoms with Gasteiger partial charge in [0.2, 0.25) is 0 Å². The van der Waals surface area contributed by atoms with Crippen LogP contribution < -0.4 is 9.47 Å². The molecule has 21 heavy (non-hydrogen) atoms. The highest BCUT2D eigenvalue weighted by molar-refractivity contribution is 6.31. The van der Waals surface area contributed by atoms with E-state index in [0.29, 0.717) is 17.1 Å². The van der Waals surface area contributed by atoms with Gasteiger partial charge in [0.25, 0.3) is 0 Å². The molecule has 2 aromatic carbocycles. The van der Waals surface area contributed by atoms with Crippen LogP contribution in [-0.4, -0.2) is 19.3 Å². The normalized spacial score (nSPS) is 12.0. The lowest BCUT2D eigenvalue weighted by Gasteiger charge is -2.17. The highest BCUT2D eigenvalue weighted by atomic mass is 35.5. The quantitative estimate of drug-likeness (QED) is 0.913. The fourth-order valence-electron chi connectivity index (χ4n) is 2.21. The van der Waals surface area contributed by atoms with E-state index in [4.69, 9.17) is 21.1 Å². The fraction of sp³-hybridized carbons (Fsp3) is 0.250. The van der Waals surface area contributed by atoms with E-state index < -0.39 is 11.9 Å². The summed E-state index contributed by atoms with van der Waals surface area (Å²) in [6, 6.07) is 9.61. The van der Waals surface area contributed by atoms with Gasteiger partial charge in [0.1, 0.15) is 5.82 Å². The standard InChI is InChI=1S/C16H16ClFO3/c1-20-15-8-3-5-10(16(15)21-2)14(19)9-11-12(17)6-4-7-13(11)18/h3-8,14,19H,9H2,1-2H3. The first-order chi connectivity index (χ1) is 10.1. The van der Waals surface area contributed by atoms with Crippen molar-refractivity contribution in [2.24, 2.45) is 0 Å². The lowest BCUT2D eigenvalue weighted by molar-refractivity contribution is 0.171. The largest absolute Gasteiger partial charge is 0.493 e. The Morgan fingerprint density at radius 1 is 1.14 bits per heavy atom. The Labute approximate surface area is 127 Å². The average molecular weight is 311 g/mol. The van der Waals surface area contributed by atoms with Gasteiger partial charge < -0.3 is 14.6 Å². The molecule has 0 bridgehead atoms. The maximum atomic E-state index is 13.8. The van der Waals surface area contributed by atoms with Gasteiger partial charge in [0.05, 0.1) is 20.3 Å². The van der Waals surface area contributed by atoms with E-state index in [-0.39, 0.29) is 17.0 Å². The molecule has 0 fully saturated rings. The molecule has 1 N–H and O–H groups in total. The van der Waals surface area contributed by atoms with Crippen LogP contribution in [0.25, 0.3) is 0 Å². The molecule has 0 aliphatic rings. The van der Waals surface area contributed by atoms with Gasteiger partial charge in [-0.2, -0.15) is 0 Å². The van der Waals surface area contributed by atoms with Gasteiger partial charge in [0.15, 0.2) is 11.5 Å². The first-order valence-corrected chi connectivity index (χ1v) is 6.78. The minimum Gasteiger partial charge on any atom is -0.493 e. The number of rotatable bonds is 5. The third kappa shape index (κ3) is 3.28. The Kier molecular flexibility index (Phi) is 5.04. The summed E-state index contributed by atoms with van der Waals surface area (Å²) >= 11 is 5.99. The molecule has 0 heterocycles. The molecule has 1 atom stereocenters. The third-order valence-corrected chi connectivity index (χ3v) is 3.61. The SMILES string of the molecule is COc1cccc(C(O)Cc2c(F)cccc2Cl)c1OC. The van der Waals surface area contributed by atoms with E-state index in [1.165, 1.54) is 26.4 Å². The zero-order valence-electron chi connectivity index (χ0n) is 11.8. The summed E-state index contributed by atoms with van der Waals surface area (Å²) in [4.78, 5) is 0. The number of hydrogen-bond acceptors (Lipinski definition) is 3. The van der Waals surface area contributed by atoms with Crippen molar-refractivity contribution in [3.8, 4) is 11.5 Å². The molecule has 0 saturated carbocycles. The number of ether oxygens (including phenoxy) is 2. The third-order valence-electron chi connectivity index (χ3n) is 3.25. The summed E-state index contributed by atoms with van der Waals surface area (Å²) in [5, 5.41) is 10.7. The van der Waals surface area contributed by atoms with E-state index in [1.54, 1.807) is 24.3 Å². The van der Waals surface area contributed by atoms with Gasteiger partial charge >= 0.3 is 0 Å². The summed E-state index contributed by atoms with van der Waals surface area (Å²) in [5.41, 5.74) is 0.799. The predicted octanol–water partition coefficient (Wildman–Crippen LogP) is 3.77. The first-order valence-electron chi connectivity index (χ1n) is 6.40. The molecule has 0 spiro atoms. The Hall–Kier alpha value is -1.78. The molecule has 0 aliphatic heterocycles. The van der Waals surface area contributed by atoms with Crippen LogP contribution in [0.4, 0.5) is 4.39 Å². The number of aliphatic hydroxyl groups is 1. The van der Waals surface area contributed by atoms with Crippen molar-refractivity contribution in [3.63, 3.8) is 0 Å². The van der Waals surface area contributed by atoms with Crippen molar-refractivity contribution in [1.29, 1.82) is 0 Å². The van der Waals surface area contributed by atoms with Gasteiger partial charge in [0, 0.05) is 22.6 Å². The number of hydrogen-bond donors (Lipinski definition) is 1. The number of methoxy groups -OCH3 is 2. The van der Waals surface area contributed by atoms with Crippen LogP contribution in [0.3, 0.4) is 0 Å². The summed E-state index contributed by atoms with van der Waals surface area (Å²) in [5.74, 6) is 0.497. The van der Waals surface area contributed by atoms with Crippen LogP contribution in [0.15, 0.2) is 36.4 Å². The summed E-state index contributed by atoms with van der Waals surface area (Å²) in [6.07, 6.45) is -0.904. The molecule has 0 aromatic heterocycles. The Morgan fingerprint density at radius 3 is 2.48 bits per heavy atom. The second kappa shape index (κ2) is 6.78. The number of aliphatic hydroxyl groups excluding tert-OH is 1. The molecule has 1 unspecified atom stereocenters. The van der Waals surface area contributed by atoms with Crippen LogP contribution in [0.2, 0.25) is 5.02 Å². The van der Waals surface area contributed by atoms with E-state index in [1.807, 2.05) is 0 Å². The topological polar surface area (TPSA) is 38.7 Å². The van der Waals surface area contributed by atoms with Gasteiger partial charge in [-0.05, 0) is 18.2 Å². The monoisotopic (exact) mass is 310 g/mol. The van der Waals surface area contributed by atoms with Crippen molar-refractivity contribution < 1.29 is 19.0 Å². The molecular formula is C16H16ClFO3. The molecular weight excluding hydrogens is 295 g/mol. The van der Waals surface area contributed by atoms with Crippen molar-refractivity contribution in [2.75, 3.05) is 14.2 Å². The zero-order chi connectivity index (χ0) is 15.4. The summed E-state index contributed by atoms with van der Waals surface area (Å²) in [6.45, 7) is 0. The van der Waals surface area contributed by atoms with Gasteiger partial charge in [-0.1, -0.05) is 29.8 Å². The van der Waals surface area contributed by atoms with Crippen molar-refractivity contribution in [1.82, 2.24) is 0 Å². The molecule has 5 heteroatoms. The summed E-state index contributed by atoms with van der Waals surface area (Å²) in [7, 11) is 3.01. The van der Waals surface area contributed by atoms with Crippen molar-refractivity contribution >= 4 is 11.6 Å². The molecule has 0 saturated heterocycles. The van der Waals surface area contributed by atoms with Gasteiger partial charge in [-0.3, -0.25) is 0 Å². The van der Waals surface area contributed by atoms with Crippen LogP contribution in [-0.2, 0) is 6.42 Å². The number of para-hydroxylation sites is 1. The summed E-state index contributed by atoms with van der Waals surface area (Å²) < 4.78 is 24.3. The van der Waals surface area contributed by atoms with E-state index >= 15 is 0 Å². The van der Waals surface area contributed by atoms with Crippen molar-refractivity contribution in [3.05, 3.63) is 58.4 Å². The van der Waals surface area contributed by atoms with Gasteiger partial charge in [-0.25, -0.2) is 4.39 Å². The van der Waals surface area contributed by atoms with Crippen LogP contribution >= 0.6 is 11.6 Å². The predicted molar refractivity (Wildman–Crippen MR) is 79.6 cm³/mol. The lowest BCUT2D eigenvalue weighted by Crippen LogP contribution is -2.07.